The van der Waals surface area contributed by atoms with Gasteiger partial charge in [-0.3, -0.25) is 0 Å². The van der Waals surface area contributed by atoms with Gasteiger partial charge in [0, 0.05) is 26.7 Å². The fourth-order valence-corrected chi connectivity index (χ4v) is 2.39. The third-order valence-corrected chi connectivity index (χ3v) is 3.34. The van der Waals surface area contributed by atoms with Gasteiger partial charge in [-0.05, 0) is 31.2 Å². The van der Waals surface area contributed by atoms with Gasteiger partial charge in [-0.25, -0.2) is 0 Å². The standard InChI is InChI=1S/C12H26N2O/c1-12(2)6-4-7-14(10-12)8-5-11(9-13)15-3/h11H,4-10,13H2,1-3H3. The van der Waals surface area contributed by atoms with E-state index >= 15 is 0 Å². The number of likely N-dealkylation sites (tertiary alicyclic amines) is 1. The molecule has 0 amide bonds. The zero-order valence-electron chi connectivity index (χ0n) is 10.5. The Morgan fingerprint density at radius 3 is 2.73 bits per heavy atom. The van der Waals surface area contributed by atoms with Crippen LogP contribution >= 0.6 is 0 Å². The Hall–Kier alpha value is -0.120. The van der Waals surface area contributed by atoms with Gasteiger partial charge in [-0.2, -0.15) is 0 Å². The van der Waals surface area contributed by atoms with E-state index in [-0.39, 0.29) is 6.10 Å². The molecule has 0 radical (unpaired) electrons. The van der Waals surface area contributed by atoms with Crippen molar-refractivity contribution in [2.45, 2.75) is 39.2 Å². The van der Waals surface area contributed by atoms with Gasteiger partial charge in [-0.1, -0.05) is 13.8 Å². The minimum absolute atomic E-state index is 0.232. The minimum Gasteiger partial charge on any atom is -0.380 e. The summed E-state index contributed by atoms with van der Waals surface area (Å²) < 4.78 is 5.29. The van der Waals surface area contributed by atoms with Gasteiger partial charge in [-0.15, -0.1) is 0 Å². The monoisotopic (exact) mass is 214 g/mol. The van der Waals surface area contributed by atoms with Gasteiger partial charge < -0.3 is 15.4 Å². The number of nitrogens with two attached hydrogens (primary N) is 1. The predicted octanol–water partition coefficient (Wildman–Crippen LogP) is 1.47. The van der Waals surface area contributed by atoms with E-state index in [1.807, 2.05) is 0 Å². The molecule has 0 aromatic rings. The third-order valence-electron chi connectivity index (χ3n) is 3.34. The van der Waals surface area contributed by atoms with Crippen molar-refractivity contribution in [2.75, 3.05) is 33.3 Å². The maximum absolute atomic E-state index is 5.61. The maximum Gasteiger partial charge on any atom is 0.0705 e. The molecule has 0 aliphatic carbocycles. The first-order valence-corrected chi connectivity index (χ1v) is 6.02. The Morgan fingerprint density at radius 2 is 2.20 bits per heavy atom. The molecule has 1 saturated heterocycles. The van der Waals surface area contributed by atoms with E-state index in [9.17, 15) is 0 Å². The van der Waals surface area contributed by atoms with E-state index in [1.54, 1.807) is 7.11 Å². The lowest BCUT2D eigenvalue weighted by atomic mass is 9.84. The summed E-state index contributed by atoms with van der Waals surface area (Å²) in [6.07, 6.45) is 3.97. The van der Waals surface area contributed by atoms with Gasteiger partial charge in [0.05, 0.1) is 6.10 Å². The van der Waals surface area contributed by atoms with Crippen LogP contribution in [0.15, 0.2) is 0 Å². The Morgan fingerprint density at radius 1 is 1.47 bits per heavy atom. The molecule has 0 aromatic carbocycles. The van der Waals surface area contributed by atoms with E-state index in [0.717, 1.165) is 13.0 Å². The highest BCUT2D eigenvalue weighted by molar-refractivity contribution is 4.80. The Kier molecular flexibility index (Phi) is 5.03. The van der Waals surface area contributed by atoms with Crippen molar-refractivity contribution in [2.24, 2.45) is 11.1 Å². The molecule has 1 heterocycles. The van der Waals surface area contributed by atoms with Gasteiger partial charge >= 0.3 is 0 Å². The molecule has 0 spiro atoms. The summed E-state index contributed by atoms with van der Waals surface area (Å²) in [5, 5.41) is 0. The summed E-state index contributed by atoms with van der Waals surface area (Å²) in [5.74, 6) is 0. The third kappa shape index (κ3) is 4.49. The topological polar surface area (TPSA) is 38.5 Å². The molecule has 90 valence electrons. The van der Waals surface area contributed by atoms with Crippen molar-refractivity contribution in [3.05, 3.63) is 0 Å². The first-order chi connectivity index (χ1) is 7.07. The highest BCUT2D eigenvalue weighted by atomic mass is 16.5. The van der Waals surface area contributed by atoms with Gasteiger partial charge in [0.25, 0.3) is 0 Å². The Balaban J connectivity index is 2.26. The summed E-state index contributed by atoms with van der Waals surface area (Å²) in [4.78, 5) is 2.55. The van der Waals surface area contributed by atoms with Crippen molar-refractivity contribution >= 4 is 0 Å². The molecule has 1 fully saturated rings. The summed E-state index contributed by atoms with van der Waals surface area (Å²) in [7, 11) is 1.75. The van der Waals surface area contributed by atoms with Crippen LogP contribution in [0.1, 0.15) is 33.1 Å². The summed E-state index contributed by atoms with van der Waals surface area (Å²) in [6.45, 7) is 8.93. The molecule has 1 aliphatic rings. The van der Waals surface area contributed by atoms with Crippen molar-refractivity contribution in [1.29, 1.82) is 0 Å². The average molecular weight is 214 g/mol. The van der Waals surface area contributed by atoms with Crippen LogP contribution in [0.3, 0.4) is 0 Å². The Bertz CT molecular complexity index is 178. The minimum atomic E-state index is 0.232. The molecule has 15 heavy (non-hydrogen) atoms. The van der Waals surface area contributed by atoms with Crippen LogP contribution in [0.5, 0.6) is 0 Å². The van der Waals surface area contributed by atoms with Crippen molar-refractivity contribution in [3.63, 3.8) is 0 Å². The largest absolute Gasteiger partial charge is 0.380 e. The van der Waals surface area contributed by atoms with Gasteiger partial charge in [0.15, 0.2) is 0 Å². The number of ether oxygens (including phenoxy) is 1. The predicted molar refractivity (Wildman–Crippen MR) is 63.9 cm³/mol. The quantitative estimate of drug-likeness (QED) is 0.753. The smallest absolute Gasteiger partial charge is 0.0705 e. The highest BCUT2D eigenvalue weighted by Crippen LogP contribution is 2.28. The molecule has 2 N–H and O–H groups in total. The number of hydrogen-bond donors (Lipinski definition) is 1. The summed E-state index contributed by atoms with van der Waals surface area (Å²) in [5.41, 5.74) is 6.10. The highest BCUT2D eigenvalue weighted by Gasteiger charge is 2.26. The van der Waals surface area contributed by atoms with Crippen LogP contribution in [0.2, 0.25) is 0 Å². The zero-order chi connectivity index (χ0) is 11.3. The summed E-state index contributed by atoms with van der Waals surface area (Å²) >= 11 is 0. The summed E-state index contributed by atoms with van der Waals surface area (Å²) in [6, 6.07) is 0. The lowest BCUT2D eigenvalue weighted by Crippen LogP contribution is -2.41. The normalized spacial score (nSPS) is 24.0. The molecule has 1 aliphatic heterocycles. The molecule has 1 rings (SSSR count). The first-order valence-electron chi connectivity index (χ1n) is 6.02. The van der Waals surface area contributed by atoms with Crippen LogP contribution in [-0.2, 0) is 4.74 Å². The molecular weight excluding hydrogens is 188 g/mol. The van der Waals surface area contributed by atoms with E-state index in [0.29, 0.717) is 12.0 Å². The molecule has 1 unspecified atom stereocenters. The van der Waals surface area contributed by atoms with E-state index in [4.69, 9.17) is 10.5 Å². The molecule has 0 aromatic heterocycles. The number of hydrogen-bond acceptors (Lipinski definition) is 3. The van der Waals surface area contributed by atoms with E-state index in [1.165, 1.54) is 25.9 Å². The molecule has 3 heteroatoms. The second kappa shape index (κ2) is 5.83. The number of piperidine rings is 1. The second-order valence-corrected chi connectivity index (χ2v) is 5.43. The maximum atomic E-state index is 5.61. The Labute approximate surface area is 94.0 Å². The average Bonchev–Trinajstić information content (AvgIpc) is 2.18. The number of nitrogens with zero attached hydrogens (tertiary/aromatic N) is 1. The zero-order valence-corrected chi connectivity index (χ0v) is 10.5. The van der Waals surface area contributed by atoms with Crippen LogP contribution in [-0.4, -0.2) is 44.3 Å². The second-order valence-electron chi connectivity index (χ2n) is 5.43. The number of methoxy groups -OCH3 is 1. The number of rotatable bonds is 5. The van der Waals surface area contributed by atoms with Gasteiger partial charge in [0.1, 0.15) is 0 Å². The molecular formula is C12H26N2O. The van der Waals surface area contributed by atoms with E-state index in [2.05, 4.69) is 18.7 Å². The van der Waals surface area contributed by atoms with Crippen LogP contribution < -0.4 is 5.73 Å². The van der Waals surface area contributed by atoms with Crippen molar-refractivity contribution in [1.82, 2.24) is 4.90 Å². The SMILES string of the molecule is COC(CN)CCN1CCCC(C)(C)C1. The lowest BCUT2D eigenvalue weighted by molar-refractivity contribution is 0.0678. The van der Waals surface area contributed by atoms with E-state index < -0.39 is 0 Å². The van der Waals surface area contributed by atoms with Crippen LogP contribution in [0.4, 0.5) is 0 Å². The first kappa shape index (κ1) is 12.9. The van der Waals surface area contributed by atoms with Gasteiger partial charge in [0.2, 0.25) is 0 Å². The molecule has 1 atom stereocenters. The molecule has 0 saturated carbocycles. The van der Waals surface area contributed by atoms with Crippen molar-refractivity contribution < 1.29 is 4.74 Å². The van der Waals surface area contributed by atoms with Crippen LogP contribution in [0.25, 0.3) is 0 Å². The fraction of sp³-hybridized carbons (Fsp3) is 1.00. The van der Waals surface area contributed by atoms with Crippen LogP contribution in [0, 0.1) is 5.41 Å². The van der Waals surface area contributed by atoms with Crippen molar-refractivity contribution in [3.8, 4) is 0 Å². The molecule has 0 bridgehead atoms. The fourth-order valence-electron chi connectivity index (χ4n) is 2.39. The molecule has 3 nitrogen and oxygen atoms in total. The lowest BCUT2D eigenvalue weighted by Gasteiger charge is -2.38.